The summed E-state index contributed by atoms with van der Waals surface area (Å²) in [5.74, 6) is -4.67. The largest absolute Gasteiger partial charge is 0.508 e. The van der Waals surface area contributed by atoms with Gasteiger partial charge in [-0.3, -0.25) is 4.79 Å². The Bertz CT molecular complexity index is 2420. The molecule has 0 amide bonds. The minimum Gasteiger partial charge on any atom is -0.508 e. The van der Waals surface area contributed by atoms with Gasteiger partial charge in [-0.25, -0.2) is 4.79 Å². The number of benzene rings is 3. The summed E-state index contributed by atoms with van der Waals surface area (Å²) in [5, 5.41) is 145. The van der Waals surface area contributed by atoms with E-state index in [1.54, 1.807) is 0 Å². The first-order chi connectivity index (χ1) is 31.4. The quantitative estimate of drug-likeness (QED) is 0.0355. The van der Waals surface area contributed by atoms with Gasteiger partial charge in [-0.1, -0.05) is 6.07 Å². The zero-order valence-corrected chi connectivity index (χ0v) is 34.0. The minimum atomic E-state index is -2.13. The van der Waals surface area contributed by atoms with Crippen LogP contribution in [0.4, 0.5) is 0 Å². The van der Waals surface area contributed by atoms with Crippen molar-refractivity contribution in [1.29, 1.82) is 0 Å². The number of aromatic hydroxyl groups is 4. The molecule has 0 saturated carbocycles. The van der Waals surface area contributed by atoms with Crippen molar-refractivity contribution in [3.8, 4) is 45.8 Å². The molecule has 15 atom stereocenters. The van der Waals surface area contributed by atoms with E-state index >= 15 is 0 Å². The van der Waals surface area contributed by atoms with Gasteiger partial charge in [0, 0.05) is 23.8 Å². The predicted molar refractivity (Wildman–Crippen MR) is 215 cm³/mol. The van der Waals surface area contributed by atoms with Crippen LogP contribution < -0.4 is 14.9 Å². The maximum atomic E-state index is 14.4. The molecule has 0 bridgehead atoms. The Hall–Kier alpha value is -5.68. The second-order valence-corrected chi connectivity index (χ2v) is 15.4. The fourth-order valence-electron chi connectivity index (χ4n) is 7.39. The Morgan fingerprint density at radius 3 is 1.88 bits per heavy atom. The van der Waals surface area contributed by atoms with Gasteiger partial charge in [0.25, 0.3) is 0 Å². The third kappa shape index (κ3) is 9.73. The van der Waals surface area contributed by atoms with Gasteiger partial charge in [-0.15, -0.1) is 0 Å². The monoisotopic (exact) mass is 934 g/mol. The Morgan fingerprint density at radius 2 is 1.23 bits per heavy atom. The van der Waals surface area contributed by atoms with E-state index in [1.807, 2.05) is 0 Å². The number of rotatable bonds is 13. The lowest BCUT2D eigenvalue weighted by molar-refractivity contribution is -0.358. The zero-order chi connectivity index (χ0) is 47.7. The number of fused-ring (bicyclic) bond motifs is 1. The van der Waals surface area contributed by atoms with Crippen molar-refractivity contribution in [2.75, 3.05) is 19.8 Å². The van der Waals surface area contributed by atoms with E-state index in [-0.39, 0.29) is 22.6 Å². The van der Waals surface area contributed by atoms with Crippen LogP contribution >= 0.6 is 0 Å². The third-order valence-corrected chi connectivity index (χ3v) is 11.0. The van der Waals surface area contributed by atoms with Crippen LogP contribution in [-0.2, 0) is 28.5 Å². The number of ether oxygens (including phenoxy) is 7. The van der Waals surface area contributed by atoms with E-state index in [0.29, 0.717) is 0 Å². The highest BCUT2D eigenvalue weighted by Crippen LogP contribution is 2.40. The second-order valence-electron chi connectivity index (χ2n) is 15.4. The van der Waals surface area contributed by atoms with Crippen LogP contribution in [0.25, 0.3) is 28.4 Å². The predicted octanol–water partition coefficient (Wildman–Crippen LogP) is -3.27. The molecule has 4 heterocycles. The SMILES string of the molecule is O=C(C=Cc1ccc(O)c(O)c1)O[C@@H]1[C@@H](O)[C@H](O[C@H]2[C@H](Oc3c(-c4ccc(O)cc4)oc4cc(O[C@@H]5O[C@H](CO)[C@@H](O)[C@H](O)[C@H]5O)cc(O)c4c3=O)O[C@H](CO)[C@@H](O)[C@@H]2O)O[C@H](CO)[C@H]1O. The molecular weight excluding hydrogens is 888 g/mol. The Balaban J connectivity index is 1.22. The molecule has 0 unspecified atom stereocenters. The zero-order valence-electron chi connectivity index (χ0n) is 34.0. The number of esters is 1. The molecule has 0 radical (unpaired) electrons. The molecule has 66 heavy (non-hydrogen) atoms. The number of aliphatic hydroxyl groups is 10. The molecule has 3 aromatic carbocycles. The van der Waals surface area contributed by atoms with Crippen LogP contribution in [0.1, 0.15) is 5.56 Å². The highest BCUT2D eigenvalue weighted by atomic mass is 16.8. The summed E-state index contributed by atoms with van der Waals surface area (Å²) >= 11 is 0. The highest BCUT2D eigenvalue weighted by molar-refractivity contribution is 5.89. The van der Waals surface area contributed by atoms with E-state index in [9.17, 15) is 81.1 Å². The molecule has 3 fully saturated rings. The van der Waals surface area contributed by atoms with E-state index in [2.05, 4.69) is 0 Å². The van der Waals surface area contributed by atoms with E-state index in [1.165, 1.54) is 36.4 Å². The topological polar surface area (TPSA) is 395 Å². The maximum Gasteiger partial charge on any atom is 0.331 e. The molecule has 3 aliphatic rings. The fourth-order valence-corrected chi connectivity index (χ4v) is 7.39. The molecule has 3 aliphatic heterocycles. The highest BCUT2D eigenvalue weighted by Gasteiger charge is 2.53. The van der Waals surface area contributed by atoms with Crippen molar-refractivity contribution in [2.45, 2.75) is 92.1 Å². The summed E-state index contributed by atoms with van der Waals surface area (Å²) < 4.78 is 45.6. The summed E-state index contributed by atoms with van der Waals surface area (Å²) in [5.41, 5.74) is -1.28. The average Bonchev–Trinajstić information content (AvgIpc) is 3.29. The Morgan fingerprint density at radius 1 is 0.606 bits per heavy atom. The van der Waals surface area contributed by atoms with Gasteiger partial charge in [0.05, 0.1) is 19.8 Å². The summed E-state index contributed by atoms with van der Waals surface area (Å²) in [6.45, 7) is -2.67. The molecule has 358 valence electrons. The van der Waals surface area contributed by atoms with Crippen molar-refractivity contribution in [3.05, 3.63) is 76.5 Å². The van der Waals surface area contributed by atoms with Gasteiger partial charge in [-0.05, 0) is 48.0 Å². The molecule has 7 rings (SSSR count). The first kappa shape index (κ1) is 48.3. The summed E-state index contributed by atoms with van der Waals surface area (Å²) in [7, 11) is 0. The Labute approximate surface area is 370 Å². The first-order valence-electron chi connectivity index (χ1n) is 20.0. The van der Waals surface area contributed by atoms with Crippen molar-refractivity contribution in [1.82, 2.24) is 0 Å². The summed E-state index contributed by atoms with van der Waals surface area (Å²) in [4.78, 5) is 27.3. The lowest BCUT2D eigenvalue weighted by Gasteiger charge is -2.46. The normalized spacial score (nSPS) is 32.6. The Kier molecular flexibility index (Phi) is 14.7. The van der Waals surface area contributed by atoms with Crippen LogP contribution in [0.2, 0.25) is 0 Å². The molecular formula is C42H46O24. The van der Waals surface area contributed by atoms with Gasteiger partial charge in [0.15, 0.2) is 35.8 Å². The van der Waals surface area contributed by atoms with Gasteiger partial charge >= 0.3 is 5.97 Å². The van der Waals surface area contributed by atoms with Crippen LogP contribution in [0.3, 0.4) is 0 Å². The standard InChI is InChI=1S/C42H46O24/c43-12-23-28(51)32(55)34(57)40(61-23)59-18-10-21(49)27-22(11-18)60-36(16-3-5-17(46)6-4-16)38(31(27)54)65-42-39(33(56)29(52)24(13-44)63-42)66-41-35(58)37(30(53)25(14-45)62-41)64-26(50)8-2-15-1-7-19(47)20(48)9-15/h1-11,23-25,28-30,32-35,37,39-49,51-53,55-58H,12-14H2/t23-,24-,25-,28-,29-,30-,32+,33+,34-,35-,37+,39-,40-,41+,42+/m1/s1. The minimum absolute atomic E-state index is 0.0286. The second kappa shape index (κ2) is 20.0. The van der Waals surface area contributed by atoms with Gasteiger partial charge in [0.2, 0.25) is 23.8 Å². The fraction of sp³-hybridized carbons (Fsp3) is 0.429. The molecule has 0 spiro atoms. The number of carbonyl (C=O) groups excluding carboxylic acids is 1. The van der Waals surface area contributed by atoms with Crippen LogP contribution in [0.5, 0.6) is 34.5 Å². The lowest BCUT2D eigenvalue weighted by Crippen LogP contribution is -2.65. The van der Waals surface area contributed by atoms with Crippen LogP contribution in [0.15, 0.2) is 69.9 Å². The van der Waals surface area contributed by atoms with Crippen molar-refractivity contribution >= 4 is 23.0 Å². The van der Waals surface area contributed by atoms with Gasteiger partial charge < -0.3 is 109 Å². The van der Waals surface area contributed by atoms with Gasteiger partial charge in [0.1, 0.15) is 89.3 Å². The van der Waals surface area contributed by atoms with Crippen molar-refractivity contribution in [3.63, 3.8) is 0 Å². The average molecular weight is 935 g/mol. The number of hydrogen-bond donors (Lipinski definition) is 14. The molecule has 3 saturated heterocycles. The molecule has 24 heteroatoms. The lowest BCUT2D eigenvalue weighted by atomic mass is 9.97. The number of aliphatic hydroxyl groups excluding tert-OH is 10. The van der Waals surface area contributed by atoms with Gasteiger partial charge in [-0.2, -0.15) is 0 Å². The molecule has 1 aromatic heterocycles. The molecule has 0 aliphatic carbocycles. The number of hydrogen-bond acceptors (Lipinski definition) is 24. The van der Waals surface area contributed by atoms with Crippen molar-refractivity contribution < 1.29 is 114 Å². The number of phenolic OH excluding ortho intramolecular Hbond substituents is 4. The first-order valence-corrected chi connectivity index (χ1v) is 20.0. The molecule has 14 N–H and O–H groups in total. The van der Waals surface area contributed by atoms with E-state index in [0.717, 1.165) is 30.3 Å². The number of carbonyl (C=O) groups is 1. The molecule has 4 aromatic rings. The van der Waals surface area contributed by atoms with Crippen molar-refractivity contribution in [2.24, 2.45) is 0 Å². The van der Waals surface area contributed by atoms with E-state index < -0.39 is 163 Å². The third-order valence-electron chi connectivity index (χ3n) is 11.0. The summed E-state index contributed by atoms with van der Waals surface area (Å²) in [6, 6.07) is 10.5. The summed E-state index contributed by atoms with van der Waals surface area (Å²) in [6.07, 6.45) is -25.9. The van der Waals surface area contributed by atoms with E-state index in [4.69, 9.17) is 37.6 Å². The smallest absolute Gasteiger partial charge is 0.331 e. The molecule has 24 nitrogen and oxygen atoms in total. The maximum absolute atomic E-state index is 14.4. The van der Waals surface area contributed by atoms with Crippen LogP contribution in [-0.4, -0.2) is 189 Å². The number of phenols is 4. The van der Waals surface area contributed by atoms with Crippen LogP contribution in [0, 0.1) is 0 Å².